The van der Waals surface area contributed by atoms with Gasteiger partial charge in [-0.15, -0.1) is 0 Å². The van der Waals surface area contributed by atoms with E-state index in [0.29, 0.717) is 0 Å². The molecule has 2 rings (SSSR count). The standard InChI is InChI=1S/C14H20ClN3S/c1-19-8-4-2-3-7-16-9-13-11-18-10-12(15)5-6-14(18)17-13/h5-6,10-11,16H,2-4,7-9H2,1H3. The first-order valence-corrected chi connectivity index (χ1v) is 8.39. The molecule has 0 saturated heterocycles. The average molecular weight is 298 g/mol. The molecule has 0 saturated carbocycles. The Labute approximate surface area is 123 Å². The van der Waals surface area contributed by atoms with E-state index in [1.54, 1.807) is 0 Å². The monoisotopic (exact) mass is 297 g/mol. The Balaban J connectivity index is 1.72. The summed E-state index contributed by atoms with van der Waals surface area (Å²) in [6, 6.07) is 3.81. The predicted molar refractivity (Wildman–Crippen MR) is 84.1 cm³/mol. The van der Waals surface area contributed by atoms with Crippen LogP contribution in [0.5, 0.6) is 0 Å². The molecule has 0 aliphatic heterocycles. The van der Waals surface area contributed by atoms with Crippen LogP contribution in [0.1, 0.15) is 25.0 Å². The van der Waals surface area contributed by atoms with Gasteiger partial charge in [-0.25, -0.2) is 4.98 Å². The van der Waals surface area contributed by atoms with E-state index in [-0.39, 0.29) is 0 Å². The van der Waals surface area contributed by atoms with Crippen LogP contribution in [0.25, 0.3) is 5.65 Å². The summed E-state index contributed by atoms with van der Waals surface area (Å²) in [5.41, 5.74) is 2.01. The van der Waals surface area contributed by atoms with Crippen LogP contribution in [0.3, 0.4) is 0 Å². The maximum atomic E-state index is 5.95. The molecule has 1 N–H and O–H groups in total. The molecule has 5 heteroatoms. The van der Waals surface area contributed by atoms with E-state index in [1.165, 1.54) is 25.0 Å². The average Bonchev–Trinajstić information content (AvgIpc) is 2.79. The molecule has 104 valence electrons. The number of halogens is 1. The maximum absolute atomic E-state index is 5.95. The second kappa shape index (κ2) is 7.78. The summed E-state index contributed by atoms with van der Waals surface area (Å²) in [6.07, 6.45) is 9.93. The molecule has 0 amide bonds. The first-order chi connectivity index (χ1) is 9.29. The van der Waals surface area contributed by atoms with Gasteiger partial charge in [0.15, 0.2) is 0 Å². The van der Waals surface area contributed by atoms with Crippen LogP contribution in [-0.4, -0.2) is 27.9 Å². The number of rotatable bonds is 8. The van der Waals surface area contributed by atoms with Crippen LogP contribution in [0, 0.1) is 0 Å². The molecule has 0 aromatic carbocycles. The molecule has 0 radical (unpaired) electrons. The van der Waals surface area contributed by atoms with E-state index < -0.39 is 0 Å². The Hall–Kier alpha value is -0.710. The van der Waals surface area contributed by atoms with Crippen LogP contribution in [0.2, 0.25) is 5.02 Å². The fourth-order valence-corrected chi connectivity index (χ4v) is 2.65. The summed E-state index contributed by atoms with van der Waals surface area (Å²) < 4.78 is 1.97. The van der Waals surface area contributed by atoms with Gasteiger partial charge in [-0.1, -0.05) is 18.0 Å². The first-order valence-electron chi connectivity index (χ1n) is 6.62. The van der Waals surface area contributed by atoms with Crippen molar-refractivity contribution in [2.45, 2.75) is 25.8 Å². The largest absolute Gasteiger partial charge is 0.311 e. The summed E-state index contributed by atoms with van der Waals surface area (Å²) in [6.45, 7) is 1.88. The Morgan fingerprint density at radius 2 is 2.16 bits per heavy atom. The molecule has 0 aliphatic carbocycles. The van der Waals surface area contributed by atoms with Crippen LogP contribution >= 0.6 is 23.4 Å². The number of hydrogen-bond donors (Lipinski definition) is 1. The first kappa shape index (κ1) is 14.7. The molecule has 2 aromatic heterocycles. The molecule has 3 nitrogen and oxygen atoms in total. The van der Waals surface area contributed by atoms with Gasteiger partial charge >= 0.3 is 0 Å². The summed E-state index contributed by atoms with van der Waals surface area (Å²) in [4.78, 5) is 4.54. The number of imidazole rings is 1. The highest BCUT2D eigenvalue weighted by molar-refractivity contribution is 7.98. The molecule has 0 unspecified atom stereocenters. The van der Waals surface area contributed by atoms with E-state index in [9.17, 15) is 0 Å². The molecule has 2 heterocycles. The fourth-order valence-electron chi connectivity index (χ4n) is 1.99. The van der Waals surface area contributed by atoms with Gasteiger partial charge in [0.25, 0.3) is 0 Å². The van der Waals surface area contributed by atoms with E-state index in [1.807, 2.05) is 40.7 Å². The summed E-state index contributed by atoms with van der Waals surface area (Å²) in [7, 11) is 0. The normalized spacial score (nSPS) is 11.3. The molecule has 0 fully saturated rings. The minimum Gasteiger partial charge on any atom is -0.311 e. The molecule has 0 aliphatic rings. The summed E-state index contributed by atoms with van der Waals surface area (Å²) in [5.74, 6) is 1.27. The predicted octanol–water partition coefficient (Wildman–Crippen LogP) is 3.61. The topological polar surface area (TPSA) is 29.3 Å². The molecule has 0 bridgehead atoms. The number of aromatic nitrogens is 2. The van der Waals surface area contributed by atoms with Gasteiger partial charge in [0.1, 0.15) is 5.65 Å². The van der Waals surface area contributed by atoms with E-state index >= 15 is 0 Å². The molecule has 0 atom stereocenters. The highest BCUT2D eigenvalue weighted by Gasteiger charge is 2.01. The van der Waals surface area contributed by atoms with Gasteiger partial charge in [-0.3, -0.25) is 0 Å². The van der Waals surface area contributed by atoms with Gasteiger partial charge in [0.05, 0.1) is 10.7 Å². The Kier molecular flexibility index (Phi) is 6.01. The zero-order valence-electron chi connectivity index (χ0n) is 11.2. The van der Waals surface area contributed by atoms with Crippen LogP contribution < -0.4 is 5.32 Å². The van der Waals surface area contributed by atoms with Gasteiger partial charge in [0.2, 0.25) is 0 Å². The highest BCUT2D eigenvalue weighted by atomic mass is 35.5. The van der Waals surface area contributed by atoms with Crippen molar-refractivity contribution in [2.75, 3.05) is 18.6 Å². The van der Waals surface area contributed by atoms with Crippen molar-refractivity contribution in [3.63, 3.8) is 0 Å². The lowest BCUT2D eigenvalue weighted by Gasteiger charge is -2.02. The molecular formula is C14H20ClN3S. The number of thioether (sulfide) groups is 1. The number of nitrogens with one attached hydrogen (secondary N) is 1. The minimum atomic E-state index is 0.734. The number of fused-ring (bicyclic) bond motifs is 1. The number of pyridine rings is 1. The van der Waals surface area contributed by atoms with Crippen molar-refractivity contribution in [1.29, 1.82) is 0 Å². The Morgan fingerprint density at radius 3 is 3.00 bits per heavy atom. The molecular weight excluding hydrogens is 278 g/mol. The molecule has 2 aromatic rings. The third kappa shape index (κ3) is 4.71. The smallest absolute Gasteiger partial charge is 0.137 e. The van der Waals surface area contributed by atoms with Crippen molar-refractivity contribution in [3.8, 4) is 0 Å². The van der Waals surface area contributed by atoms with E-state index in [0.717, 1.165) is 29.5 Å². The maximum Gasteiger partial charge on any atom is 0.137 e. The Bertz CT molecular complexity index is 512. The van der Waals surface area contributed by atoms with Gasteiger partial charge < -0.3 is 9.72 Å². The van der Waals surface area contributed by atoms with Crippen molar-refractivity contribution >= 4 is 29.0 Å². The third-order valence-corrected chi connectivity index (χ3v) is 3.89. The summed E-state index contributed by atoms with van der Waals surface area (Å²) in [5, 5.41) is 4.17. The van der Waals surface area contributed by atoms with E-state index in [2.05, 4.69) is 16.6 Å². The van der Waals surface area contributed by atoms with Crippen molar-refractivity contribution in [1.82, 2.24) is 14.7 Å². The second-order valence-corrected chi connectivity index (χ2v) is 6.00. The van der Waals surface area contributed by atoms with Crippen molar-refractivity contribution in [3.05, 3.63) is 35.2 Å². The highest BCUT2D eigenvalue weighted by Crippen LogP contribution is 2.11. The number of hydrogen-bond acceptors (Lipinski definition) is 3. The van der Waals surface area contributed by atoms with Crippen LogP contribution in [-0.2, 0) is 6.54 Å². The molecule has 0 spiro atoms. The van der Waals surface area contributed by atoms with Crippen molar-refractivity contribution in [2.24, 2.45) is 0 Å². The number of nitrogens with zero attached hydrogens (tertiary/aromatic N) is 2. The second-order valence-electron chi connectivity index (χ2n) is 4.58. The van der Waals surface area contributed by atoms with Gasteiger partial charge in [0, 0.05) is 18.9 Å². The van der Waals surface area contributed by atoms with Gasteiger partial charge in [-0.2, -0.15) is 11.8 Å². The quantitative estimate of drug-likeness (QED) is 0.755. The SMILES string of the molecule is CSCCCCCNCc1cn2cc(Cl)ccc2n1. The summed E-state index contributed by atoms with van der Waals surface area (Å²) >= 11 is 7.87. The third-order valence-electron chi connectivity index (χ3n) is 2.97. The van der Waals surface area contributed by atoms with Gasteiger partial charge in [-0.05, 0) is 43.5 Å². The van der Waals surface area contributed by atoms with Crippen LogP contribution in [0.4, 0.5) is 0 Å². The molecule has 19 heavy (non-hydrogen) atoms. The minimum absolute atomic E-state index is 0.734. The lowest BCUT2D eigenvalue weighted by molar-refractivity contribution is 0.614. The lowest BCUT2D eigenvalue weighted by Crippen LogP contribution is -2.14. The zero-order valence-corrected chi connectivity index (χ0v) is 12.8. The fraction of sp³-hybridized carbons (Fsp3) is 0.500. The zero-order chi connectivity index (χ0) is 13.5. The Morgan fingerprint density at radius 1 is 1.26 bits per heavy atom. The van der Waals surface area contributed by atoms with Crippen molar-refractivity contribution < 1.29 is 0 Å². The number of unbranched alkanes of at least 4 members (excludes halogenated alkanes) is 2. The lowest BCUT2D eigenvalue weighted by atomic mass is 10.2. The van der Waals surface area contributed by atoms with Crippen LogP contribution in [0.15, 0.2) is 24.5 Å². The van der Waals surface area contributed by atoms with E-state index in [4.69, 9.17) is 11.6 Å².